The molecule has 1 heterocycles. The minimum atomic E-state index is 0.221. The highest BCUT2D eigenvalue weighted by atomic mass is 16.5. The SMILES string of the molecule is Cc1ccc(COC2CN(C(=O)C3CCCCC3)C2)cc1. The molecule has 2 aliphatic rings. The number of carbonyl (C=O) groups excluding carboxylic acids is 1. The number of rotatable bonds is 4. The molecule has 0 N–H and O–H groups in total. The molecule has 0 aromatic heterocycles. The molecule has 0 radical (unpaired) electrons. The van der Waals surface area contributed by atoms with Crippen molar-refractivity contribution in [3.8, 4) is 0 Å². The first-order valence-electron chi connectivity index (χ1n) is 8.18. The Balaban J connectivity index is 1.39. The zero-order valence-corrected chi connectivity index (χ0v) is 12.9. The Morgan fingerprint density at radius 2 is 1.81 bits per heavy atom. The van der Waals surface area contributed by atoms with Gasteiger partial charge in [-0.05, 0) is 25.3 Å². The molecule has 3 heteroatoms. The summed E-state index contributed by atoms with van der Waals surface area (Å²) in [4.78, 5) is 14.3. The second-order valence-electron chi connectivity index (χ2n) is 6.50. The first-order chi connectivity index (χ1) is 10.2. The molecule has 2 fully saturated rings. The number of aryl methyl sites for hydroxylation is 1. The average molecular weight is 287 g/mol. The highest BCUT2D eigenvalue weighted by molar-refractivity contribution is 5.79. The number of amides is 1. The van der Waals surface area contributed by atoms with Gasteiger partial charge >= 0.3 is 0 Å². The van der Waals surface area contributed by atoms with Crippen molar-refractivity contribution >= 4 is 5.91 Å². The van der Waals surface area contributed by atoms with Gasteiger partial charge in [0.15, 0.2) is 0 Å². The lowest BCUT2D eigenvalue weighted by atomic mass is 9.87. The van der Waals surface area contributed by atoms with E-state index in [9.17, 15) is 4.79 Å². The van der Waals surface area contributed by atoms with Crippen molar-refractivity contribution in [1.29, 1.82) is 0 Å². The second-order valence-corrected chi connectivity index (χ2v) is 6.50. The van der Waals surface area contributed by atoms with Gasteiger partial charge in [0.05, 0.1) is 12.7 Å². The van der Waals surface area contributed by atoms with Crippen LogP contribution < -0.4 is 0 Å². The molecule has 1 amide bonds. The lowest BCUT2D eigenvalue weighted by Gasteiger charge is -2.41. The number of hydrogen-bond donors (Lipinski definition) is 0. The summed E-state index contributed by atoms with van der Waals surface area (Å²) < 4.78 is 5.88. The summed E-state index contributed by atoms with van der Waals surface area (Å²) in [6.07, 6.45) is 6.13. The first-order valence-corrected chi connectivity index (χ1v) is 8.18. The van der Waals surface area contributed by atoms with Gasteiger partial charge in [-0.2, -0.15) is 0 Å². The predicted octanol–water partition coefficient (Wildman–Crippen LogP) is 3.30. The maximum Gasteiger partial charge on any atom is 0.225 e. The fraction of sp³-hybridized carbons (Fsp3) is 0.611. The molecule has 0 atom stereocenters. The van der Waals surface area contributed by atoms with Crippen LogP contribution in [0.1, 0.15) is 43.2 Å². The summed E-state index contributed by atoms with van der Waals surface area (Å²) >= 11 is 0. The summed E-state index contributed by atoms with van der Waals surface area (Å²) in [5.74, 6) is 0.654. The Hall–Kier alpha value is -1.35. The Bertz CT molecular complexity index is 470. The molecule has 3 nitrogen and oxygen atoms in total. The van der Waals surface area contributed by atoms with Crippen LogP contribution in [0.3, 0.4) is 0 Å². The lowest BCUT2D eigenvalue weighted by molar-refractivity contribution is -0.151. The van der Waals surface area contributed by atoms with E-state index >= 15 is 0 Å². The monoisotopic (exact) mass is 287 g/mol. The fourth-order valence-electron chi connectivity index (χ4n) is 3.23. The van der Waals surface area contributed by atoms with Crippen LogP contribution in [0.2, 0.25) is 0 Å². The van der Waals surface area contributed by atoms with Crippen molar-refractivity contribution in [2.75, 3.05) is 13.1 Å². The average Bonchev–Trinajstić information content (AvgIpc) is 2.48. The van der Waals surface area contributed by atoms with Gasteiger partial charge in [-0.25, -0.2) is 0 Å². The van der Waals surface area contributed by atoms with Crippen LogP contribution in [0, 0.1) is 12.8 Å². The number of benzene rings is 1. The molecule has 1 saturated carbocycles. The third kappa shape index (κ3) is 3.65. The molecule has 0 bridgehead atoms. The van der Waals surface area contributed by atoms with Crippen molar-refractivity contribution in [2.45, 2.75) is 51.7 Å². The Labute approximate surface area is 127 Å². The van der Waals surface area contributed by atoms with Gasteiger partial charge in [-0.1, -0.05) is 49.1 Å². The minimum absolute atomic E-state index is 0.221. The molecule has 0 spiro atoms. The highest BCUT2D eigenvalue weighted by Crippen LogP contribution is 2.27. The van der Waals surface area contributed by atoms with Gasteiger partial charge in [-0.3, -0.25) is 4.79 Å². The van der Waals surface area contributed by atoms with E-state index in [1.807, 2.05) is 4.90 Å². The van der Waals surface area contributed by atoms with Gasteiger partial charge in [-0.15, -0.1) is 0 Å². The largest absolute Gasteiger partial charge is 0.370 e. The predicted molar refractivity (Wildman–Crippen MR) is 82.9 cm³/mol. The number of nitrogens with zero attached hydrogens (tertiary/aromatic N) is 1. The van der Waals surface area contributed by atoms with Gasteiger partial charge < -0.3 is 9.64 Å². The van der Waals surface area contributed by atoms with Gasteiger partial charge in [0.2, 0.25) is 5.91 Å². The molecular formula is C18H25NO2. The van der Waals surface area contributed by atoms with E-state index in [4.69, 9.17) is 4.74 Å². The molecule has 21 heavy (non-hydrogen) atoms. The summed E-state index contributed by atoms with van der Waals surface area (Å²) in [7, 11) is 0. The van der Waals surface area contributed by atoms with Crippen LogP contribution in [-0.4, -0.2) is 30.0 Å². The van der Waals surface area contributed by atoms with Crippen LogP contribution in [-0.2, 0) is 16.1 Å². The van der Waals surface area contributed by atoms with Crippen LogP contribution in [0.25, 0.3) is 0 Å². The van der Waals surface area contributed by atoms with Crippen molar-refractivity contribution in [3.63, 3.8) is 0 Å². The first kappa shape index (κ1) is 14.6. The summed E-state index contributed by atoms with van der Waals surface area (Å²) in [6.45, 7) is 4.30. The van der Waals surface area contributed by atoms with Crippen molar-refractivity contribution in [3.05, 3.63) is 35.4 Å². The van der Waals surface area contributed by atoms with Crippen LogP contribution in [0.15, 0.2) is 24.3 Å². The standard InChI is InChI=1S/C18H25NO2/c1-14-7-9-15(10-8-14)13-21-17-11-19(12-17)18(20)16-5-3-2-4-6-16/h7-10,16-17H,2-6,11-13H2,1H3. The van der Waals surface area contributed by atoms with Crippen molar-refractivity contribution < 1.29 is 9.53 Å². The van der Waals surface area contributed by atoms with E-state index in [0.717, 1.165) is 25.9 Å². The quantitative estimate of drug-likeness (QED) is 0.850. The normalized spacial score (nSPS) is 20.3. The topological polar surface area (TPSA) is 29.5 Å². The summed E-state index contributed by atoms with van der Waals surface area (Å²) in [5.41, 5.74) is 2.48. The molecular weight excluding hydrogens is 262 g/mol. The minimum Gasteiger partial charge on any atom is -0.370 e. The Kier molecular flexibility index (Phi) is 4.59. The summed E-state index contributed by atoms with van der Waals surface area (Å²) in [6, 6.07) is 8.44. The summed E-state index contributed by atoms with van der Waals surface area (Å²) in [5, 5.41) is 0. The van der Waals surface area contributed by atoms with Gasteiger partial charge in [0, 0.05) is 19.0 Å². The van der Waals surface area contributed by atoms with E-state index in [0.29, 0.717) is 12.5 Å². The molecule has 1 saturated heterocycles. The van der Waals surface area contributed by atoms with Crippen LogP contribution in [0.4, 0.5) is 0 Å². The third-order valence-corrected chi connectivity index (χ3v) is 4.72. The van der Waals surface area contributed by atoms with Crippen molar-refractivity contribution in [1.82, 2.24) is 4.90 Å². The third-order valence-electron chi connectivity index (χ3n) is 4.72. The molecule has 114 valence electrons. The maximum absolute atomic E-state index is 12.3. The molecule has 1 aliphatic heterocycles. The molecule has 1 aliphatic carbocycles. The molecule has 1 aromatic carbocycles. The van der Waals surface area contributed by atoms with Gasteiger partial charge in [0.1, 0.15) is 0 Å². The number of carbonyl (C=O) groups is 1. The second kappa shape index (κ2) is 6.61. The van der Waals surface area contributed by atoms with E-state index in [2.05, 4.69) is 31.2 Å². The van der Waals surface area contributed by atoms with Crippen molar-refractivity contribution in [2.24, 2.45) is 5.92 Å². The Morgan fingerprint density at radius 3 is 2.48 bits per heavy atom. The molecule has 1 aromatic rings. The van der Waals surface area contributed by atoms with E-state index < -0.39 is 0 Å². The number of hydrogen-bond acceptors (Lipinski definition) is 2. The van der Waals surface area contributed by atoms with Crippen LogP contribution in [0.5, 0.6) is 0 Å². The lowest BCUT2D eigenvalue weighted by Crippen LogP contribution is -2.56. The van der Waals surface area contributed by atoms with E-state index in [-0.39, 0.29) is 12.0 Å². The Morgan fingerprint density at radius 1 is 1.14 bits per heavy atom. The van der Waals surface area contributed by atoms with E-state index in [1.54, 1.807) is 0 Å². The zero-order valence-electron chi connectivity index (χ0n) is 12.9. The van der Waals surface area contributed by atoms with E-state index in [1.165, 1.54) is 30.4 Å². The smallest absolute Gasteiger partial charge is 0.225 e. The fourth-order valence-corrected chi connectivity index (χ4v) is 3.23. The molecule has 0 unspecified atom stereocenters. The van der Waals surface area contributed by atoms with Gasteiger partial charge in [0.25, 0.3) is 0 Å². The number of likely N-dealkylation sites (tertiary alicyclic amines) is 1. The zero-order chi connectivity index (χ0) is 14.7. The maximum atomic E-state index is 12.3. The van der Waals surface area contributed by atoms with Crippen LogP contribution >= 0.6 is 0 Å². The highest BCUT2D eigenvalue weighted by Gasteiger charge is 2.35. The molecule has 3 rings (SSSR count). The number of ether oxygens (including phenoxy) is 1.